The van der Waals surface area contributed by atoms with Gasteiger partial charge in [-0.25, -0.2) is 0 Å². The highest BCUT2D eigenvalue weighted by molar-refractivity contribution is 5.99. The lowest BCUT2D eigenvalue weighted by molar-refractivity contribution is 0.0970. The Morgan fingerprint density at radius 1 is 1.00 bits per heavy atom. The summed E-state index contributed by atoms with van der Waals surface area (Å²) >= 11 is 0. The van der Waals surface area contributed by atoms with Gasteiger partial charge in [-0.3, -0.25) is 0 Å². The summed E-state index contributed by atoms with van der Waals surface area (Å²) in [5, 5.41) is 0. The average Bonchev–Trinajstić information content (AvgIpc) is 1.88. The predicted molar refractivity (Wildman–Crippen MR) is 42.4 cm³/mol. The summed E-state index contributed by atoms with van der Waals surface area (Å²) < 4.78 is 14.7. The maximum Gasteiger partial charge on any atom is 0.257 e. The first-order chi connectivity index (χ1) is 4.35. The van der Waals surface area contributed by atoms with Gasteiger partial charge in [0, 0.05) is 0 Å². The Kier molecular flexibility index (Phi) is 6.25. The van der Waals surface area contributed by atoms with Crippen LogP contribution in [0.5, 0.6) is 0 Å². The largest absolute Gasteiger partial charge is 0.441 e. The van der Waals surface area contributed by atoms with Crippen LogP contribution in [-0.4, -0.2) is 43.5 Å². The summed E-state index contributed by atoms with van der Waals surface area (Å²) in [5.41, 5.74) is 0. The second kappa shape index (κ2) is 6.20. The Hall–Kier alpha value is 0.0748. The van der Waals surface area contributed by atoms with Gasteiger partial charge in [-0.2, -0.15) is 0 Å². The molecule has 0 bridgehead atoms. The quantitative estimate of drug-likeness (QED) is 0.370. The molecule has 0 atom stereocenters. The smallest absolute Gasteiger partial charge is 0.257 e. The number of rotatable bonds is 5. The van der Waals surface area contributed by atoms with Crippen molar-refractivity contribution < 1.29 is 14.0 Å². The van der Waals surface area contributed by atoms with Crippen LogP contribution < -0.4 is 0 Å². The summed E-state index contributed by atoms with van der Waals surface area (Å²) in [6.07, 6.45) is 0.0694. The topological polar surface area (TPSA) is 27.7 Å². The zero-order chi connectivity index (χ0) is 7.11. The Morgan fingerprint density at radius 3 is 1.67 bits per heavy atom. The standard InChI is InChI=1S/C3H11B3O3/c4-7-1-3(9-6)2-8-5/h3H,1-2,4-6H2. The van der Waals surface area contributed by atoms with Crippen molar-refractivity contribution in [1.82, 2.24) is 0 Å². The maximum atomic E-state index is 4.98. The van der Waals surface area contributed by atoms with Gasteiger partial charge in [-0.1, -0.05) is 0 Å². The van der Waals surface area contributed by atoms with Crippen LogP contribution in [0, 0.1) is 0 Å². The van der Waals surface area contributed by atoms with E-state index in [1.165, 1.54) is 0 Å². The van der Waals surface area contributed by atoms with E-state index in [2.05, 4.69) is 0 Å². The van der Waals surface area contributed by atoms with Crippen molar-refractivity contribution in [3.05, 3.63) is 0 Å². The van der Waals surface area contributed by atoms with Gasteiger partial charge in [-0.15, -0.1) is 0 Å². The molecule has 0 rings (SSSR count). The molecule has 50 valence electrons. The fourth-order valence-electron chi connectivity index (χ4n) is 0.556. The highest BCUT2D eigenvalue weighted by Crippen LogP contribution is 1.88. The fraction of sp³-hybridized carbons (Fsp3) is 1.00. The van der Waals surface area contributed by atoms with Crippen molar-refractivity contribution >= 4 is 24.1 Å². The van der Waals surface area contributed by atoms with Crippen molar-refractivity contribution in [3.8, 4) is 0 Å². The highest BCUT2D eigenvalue weighted by Gasteiger charge is 2.02. The minimum atomic E-state index is 0.0694. The monoisotopic (exact) mass is 128 g/mol. The molecule has 0 saturated carbocycles. The van der Waals surface area contributed by atoms with Crippen LogP contribution in [0.2, 0.25) is 0 Å². The molecule has 3 nitrogen and oxygen atoms in total. The Bertz CT molecular complexity index is 56.3. The van der Waals surface area contributed by atoms with E-state index in [0.717, 1.165) is 0 Å². The van der Waals surface area contributed by atoms with Crippen molar-refractivity contribution in [2.75, 3.05) is 13.2 Å². The molecule has 0 spiro atoms. The molecule has 0 radical (unpaired) electrons. The van der Waals surface area contributed by atoms with Crippen molar-refractivity contribution in [2.24, 2.45) is 0 Å². The van der Waals surface area contributed by atoms with E-state index in [1.54, 1.807) is 24.1 Å². The minimum Gasteiger partial charge on any atom is -0.441 e. The van der Waals surface area contributed by atoms with E-state index in [1.807, 2.05) is 0 Å². The van der Waals surface area contributed by atoms with Crippen LogP contribution >= 0.6 is 0 Å². The molecule has 0 aliphatic carbocycles. The first-order valence-electron chi connectivity index (χ1n) is 2.85. The van der Waals surface area contributed by atoms with Crippen LogP contribution in [0.25, 0.3) is 0 Å². The van der Waals surface area contributed by atoms with E-state index in [4.69, 9.17) is 14.0 Å². The zero-order valence-corrected chi connectivity index (χ0v) is 6.22. The molecule has 0 saturated heterocycles. The molecule has 0 N–H and O–H groups in total. The molecule has 0 amide bonds. The average molecular weight is 128 g/mol. The highest BCUT2D eigenvalue weighted by atomic mass is 16.5. The molecular formula is C3H11B3O3. The van der Waals surface area contributed by atoms with Crippen LogP contribution in [0.15, 0.2) is 0 Å². The lowest BCUT2D eigenvalue weighted by Crippen LogP contribution is -2.23. The first kappa shape index (κ1) is 9.07. The Balaban J connectivity index is 3.18. The molecule has 0 unspecified atom stereocenters. The van der Waals surface area contributed by atoms with Gasteiger partial charge in [-0.05, 0) is 0 Å². The van der Waals surface area contributed by atoms with E-state index < -0.39 is 0 Å². The molecule has 0 aromatic carbocycles. The summed E-state index contributed by atoms with van der Waals surface area (Å²) in [6, 6.07) is 0. The molecule has 0 fully saturated rings. The van der Waals surface area contributed by atoms with Crippen LogP contribution in [0.3, 0.4) is 0 Å². The molecule has 0 aliphatic heterocycles. The van der Waals surface area contributed by atoms with Gasteiger partial charge in [0.2, 0.25) is 0 Å². The lowest BCUT2D eigenvalue weighted by atomic mass is 10.3. The first-order valence-corrected chi connectivity index (χ1v) is 2.85. The van der Waals surface area contributed by atoms with E-state index >= 15 is 0 Å². The zero-order valence-electron chi connectivity index (χ0n) is 6.22. The predicted octanol–water partition coefficient (Wildman–Crippen LogP) is -2.95. The minimum absolute atomic E-state index is 0.0694. The normalized spacial score (nSPS) is 10.3. The fourth-order valence-corrected chi connectivity index (χ4v) is 0.556. The van der Waals surface area contributed by atoms with E-state index in [9.17, 15) is 0 Å². The molecule has 0 aliphatic rings. The summed E-state index contributed by atoms with van der Waals surface area (Å²) in [6.45, 7) is 1.18. The molecule has 6 heteroatoms. The Morgan fingerprint density at radius 2 is 1.44 bits per heavy atom. The van der Waals surface area contributed by atoms with Gasteiger partial charge in [0.05, 0.1) is 19.3 Å². The van der Waals surface area contributed by atoms with E-state index in [0.29, 0.717) is 13.2 Å². The molecular weight excluding hydrogens is 116 g/mol. The van der Waals surface area contributed by atoms with Gasteiger partial charge in [0.1, 0.15) is 0 Å². The Labute approximate surface area is 58.4 Å². The van der Waals surface area contributed by atoms with Gasteiger partial charge in [0.15, 0.2) is 0 Å². The maximum absolute atomic E-state index is 4.98. The third kappa shape index (κ3) is 4.57. The van der Waals surface area contributed by atoms with E-state index in [-0.39, 0.29) is 6.10 Å². The van der Waals surface area contributed by atoms with Crippen molar-refractivity contribution in [2.45, 2.75) is 6.10 Å². The summed E-state index contributed by atoms with van der Waals surface area (Å²) in [4.78, 5) is 0. The SMILES string of the molecule is BOCC(COB)OB. The molecule has 0 aromatic heterocycles. The van der Waals surface area contributed by atoms with Crippen LogP contribution in [-0.2, 0) is 14.0 Å². The number of hydrogen-bond donors (Lipinski definition) is 0. The third-order valence-corrected chi connectivity index (χ3v) is 1.04. The molecule has 0 aromatic rings. The van der Waals surface area contributed by atoms with Crippen molar-refractivity contribution in [1.29, 1.82) is 0 Å². The second-order valence-corrected chi connectivity index (χ2v) is 1.77. The number of hydrogen-bond acceptors (Lipinski definition) is 3. The van der Waals surface area contributed by atoms with Gasteiger partial charge >= 0.3 is 0 Å². The van der Waals surface area contributed by atoms with Crippen LogP contribution in [0.4, 0.5) is 0 Å². The summed E-state index contributed by atoms with van der Waals surface area (Å²) in [7, 11) is 4.92. The molecule has 0 heterocycles. The van der Waals surface area contributed by atoms with Gasteiger partial charge < -0.3 is 14.0 Å². The van der Waals surface area contributed by atoms with Gasteiger partial charge in [0.25, 0.3) is 24.1 Å². The van der Waals surface area contributed by atoms with Crippen molar-refractivity contribution in [3.63, 3.8) is 0 Å². The summed E-state index contributed by atoms with van der Waals surface area (Å²) in [5.74, 6) is 0. The third-order valence-electron chi connectivity index (χ3n) is 1.04. The van der Waals surface area contributed by atoms with Crippen LogP contribution in [0.1, 0.15) is 0 Å². The second-order valence-electron chi connectivity index (χ2n) is 1.77. The molecule has 9 heavy (non-hydrogen) atoms. The lowest BCUT2D eigenvalue weighted by Gasteiger charge is -2.13.